The highest BCUT2D eigenvalue weighted by atomic mass is 35.5. The zero-order valence-electron chi connectivity index (χ0n) is 14.5. The molecule has 138 valence electrons. The minimum atomic E-state index is -0.261. The Hall–Kier alpha value is -2.31. The molecular formula is C19H21ClN2O4. The first-order valence-corrected chi connectivity index (χ1v) is 8.85. The highest BCUT2D eigenvalue weighted by Gasteiger charge is 2.18. The van der Waals surface area contributed by atoms with Crippen molar-refractivity contribution in [2.45, 2.75) is 25.5 Å². The number of hydrogen-bond acceptors (Lipinski definition) is 5. The van der Waals surface area contributed by atoms with E-state index in [2.05, 4.69) is 10.3 Å². The van der Waals surface area contributed by atoms with Crippen molar-refractivity contribution < 1.29 is 19.0 Å². The minimum Gasteiger partial charge on any atom is -0.496 e. The number of para-hydroxylation sites is 1. The van der Waals surface area contributed by atoms with Gasteiger partial charge in [0.05, 0.1) is 25.9 Å². The van der Waals surface area contributed by atoms with Crippen LogP contribution >= 0.6 is 11.6 Å². The third kappa shape index (κ3) is 4.65. The number of ether oxygens (including phenoxy) is 3. The molecule has 0 spiro atoms. The normalized spacial score (nSPS) is 14.7. The molecule has 3 rings (SSSR count). The molecule has 0 aliphatic carbocycles. The van der Waals surface area contributed by atoms with E-state index in [-0.39, 0.29) is 12.0 Å². The van der Waals surface area contributed by atoms with Crippen LogP contribution in [0.5, 0.6) is 11.6 Å². The molecule has 1 aromatic carbocycles. The van der Waals surface area contributed by atoms with Crippen LogP contribution in [-0.4, -0.2) is 37.3 Å². The van der Waals surface area contributed by atoms with E-state index in [9.17, 15) is 4.79 Å². The zero-order valence-corrected chi connectivity index (χ0v) is 15.3. The number of nitrogens with zero attached hydrogens (tertiary/aromatic N) is 1. The zero-order chi connectivity index (χ0) is 18.4. The Balaban J connectivity index is 1.61. The molecule has 0 unspecified atom stereocenters. The first kappa shape index (κ1) is 18.5. The van der Waals surface area contributed by atoms with Crippen molar-refractivity contribution in [3.8, 4) is 11.6 Å². The van der Waals surface area contributed by atoms with Crippen LogP contribution in [-0.2, 0) is 11.3 Å². The summed E-state index contributed by atoms with van der Waals surface area (Å²) in [6.45, 7) is 1.69. The van der Waals surface area contributed by atoms with Gasteiger partial charge in [-0.3, -0.25) is 4.79 Å². The van der Waals surface area contributed by atoms with Gasteiger partial charge in [-0.05, 0) is 12.1 Å². The summed E-state index contributed by atoms with van der Waals surface area (Å²) in [7, 11) is 1.60. The SMILES string of the molecule is COc1ccccc1CNC(=O)c1cnc(OC2CCOCC2)c(Cl)c1. The molecular weight excluding hydrogens is 356 g/mol. The molecule has 0 atom stereocenters. The highest BCUT2D eigenvalue weighted by Crippen LogP contribution is 2.25. The Bertz CT molecular complexity index is 763. The molecule has 2 aromatic rings. The quantitative estimate of drug-likeness (QED) is 0.838. The van der Waals surface area contributed by atoms with Crippen LogP contribution in [0.25, 0.3) is 0 Å². The van der Waals surface area contributed by atoms with Gasteiger partial charge in [0.15, 0.2) is 0 Å². The maximum absolute atomic E-state index is 12.4. The molecule has 1 aliphatic heterocycles. The van der Waals surface area contributed by atoms with Gasteiger partial charge in [-0.1, -0.05) is 29.8 Å². The number of halogens is 1. The third-order valence-electron chi connectivity index (χ3n) is 4.15. The van der Waals surface area contributed by atoms with Crippen LogP contribution in [0.2, 0.25) is 5.02 Å². The van der Waals surface area contributed by atoms with Gasteiger partial charge in [0.25, 0.3) is 5.91 Å². The van der Waals surface area contributed by atoms with Crippen molar-refractivity contribution in [1.82, 2.24) is 10.3 Å². The number of benzene rings is 1. The largest absolute Gasteiger partial charge is 0.496 e. The summed E-state index contributed by atoms with van der Waals surface area (Å²) in [6.07, 6.45) is 3.12. The van der Waals surface area contributed by atoms with Crippen LogP contribution in [0.1, 0.15) is 28.8 Å². The number of carbonyl (C=O) groups excluding carboxylic acids is 1. The Morgan fingerprint density at radius 1 is 1.35 bits per heavy atom. The number of hydrogen-bond donors (Lipinski definition) is 1. The average Bonchev–Trinajstić information content (AvgIpc) is 2.68. The average molecular weight is 377 g/mol. The van der Waals surface area contributed by atoms with Gasteiger partial charge in [-0.15, -0.1) is 0 Å². The molecule has 1 aliphatic rings. The summed E-state index contributed by atoms with van der Waals surface area (Å²) in [4.78, 5) is 16.6. The highest BCUT2D eigenvalue weighted by molar-refractivity contribution is 6.32. The molecule has 0 radical (unpaired) electrons. The van der Waals surface area contributed by atoms with E-state index in [1.807, 2.05) is 24.3 Å². The van der Waals surface area contributed by atoms with Gasteiger partial charge in [-0.2, -0.15) is 0 Å². The van der Waals surface area contributed by atoms with E-state index < -0.39 is 0 Å². The van der Waals surface area contributed by atoms with Crippen LogP contribution in [0.4, 0.5) is 0 Å². The molecule has 1 aromatic heterocycles. The second-order valence-corrected chi connectivity index (χ2v) is 6.34. The first-order chi connectivity index (χ1) is 12.7. The fraction of sp³-hybridized carbons (Fsp3) is 0.368. The van der Waals surface area contributed by atoms with Crippen LogP contribution < -0.4 is 14.8 Å². The molecule has 0 saturated carbocycles. The number of aromatic nitrogens is 1. The summed E-state index contributed by atoms with van der Waals surface area (Å²) in [5.74, 6) is 0.812. The predicted molar refractivity (Wildman–Crippen MR) is 97.9 cm³/mol. The molecule has 1 N–H and O–H groups in total. The van der Waals surface area contributed by atoms with E-state index in [0.717, 1.165) is 24.2 Å². The van der Waals surface area contributed by atoms with Crippen molar-refractivity contribution in [3.63, 3.8) is 0 Å². The second-order valence-electron chi connectivity index (χ2n) is 5.94. The van der Waals surface area contributed by atoms with E-state index in [1.165, 1.54) is 6.20 Å². The molecule has 1 saturated heterocycles. The maximum Gasteiger partial charge on any atom is 0.253 e. The number of carbonyl (C=O) groups is 1. The summed E-state index contributed by atoms with van der Waals surface area (Å²) in [5.41, 5.74) is 1.27. The van der Waals surface area contributed by atoms with E-state index in [4.69, 9.17) is 25.8 Å². The van der Waals surface area contributed by atoms with Gasteiger partial charge in [0.1, 0.15) is 16.9 Å². The number of nitrogens with one attached hydrogen (secondary N) is 1. The Kier molecular flexibility index (Phi) is 6.30. The van der Waals surface area contributed by atoms with Crippen molar-refractivity contribution in [3.05, 3.63) is 52.7 Å². The molecule has 6 nitrogen and oxygen atoms in total. The van der Waals surface area contributed by atoms with E-state index >= 15 is 0 Å². The van der Waals surface area contributed by atoms with E-state index in [1.54, 1.807) is 13.2 Å². The van der Waals surface area contributed by atoms with Crippen LogP contribution in [0.15, 0.2) is 36.5 Å². The molecule has 1 amide bonds. The summed E-state index contributed by atoms with van der Waals surface area (Å²) in [5, 5.41) is 3.16. The Morgan fingerprint density at radius 2 is 2.12 bits per heavy atom. The van der Waals surface area contributed by atoms with Crippen LogP contribution in [0.3, 0.4) is 0 Å². The van der Waals surface area contributed by atoms with Gasteiger partial charge in [-0.25, -0.2) is 4.98 Å². The van der Waals surface area contributed by atoms with Gasteiger partial charge in [0, 0.05) is 31.1 Å². The van der Waals surface area contributed by atoms with Crippen molar-refractivity contribution in [2.75, 3.05) is 20.3 Å². The summed E-state index contributed by atoms with van der Waals surface area (Å²) >= 11 is 6.24. The van der Waals surface area contributed by atoms with Crippen molar-refractivity contribution in [2.24, 2.45) is 0 Å². The molecule has 0 bridgehead atoms. The fourth-order valence-corrected chi connectivity index (χ4v) is 2.93. The summed E-state index contributed by atoms with van der Waals surface area (Å²) in [6, 6.07) is 9.09. The Labute approximate surface area is 157 Å². The van der Waals surface area contributed by atoms with Gasteiger partial charge >= 0.3 is 0 Å². The summed E-state index contributed by atoms with van der Waals surface area (Å²) < 4.78 is 16.4. The molecule has 26 heavy (non-hydrogen) atoms. The number of methoxy groups -OCH3 is 1. The fourth-order valence-electron chi connectivity index (χ4n) is 2.71. The third-order valence-corrected chi connectivity index (χ3v) is 4.42. The van der Waals surface area contributed by atoms with Crippen molar-refractivity contribution in [1.29, 1.82) is 0 Å². The number of amides is 1. The maximum atomic E-state index is 12.4. The van der Waals surface area contributed by atoms with Crippen LogP contribution in [0, 0.1) is 0 Å². The monoisotopic (exact) mass is 376 g/mol. The first-order valence-electron chi connectivity index (χ1n) is 8.47. The number of pyridine rings is 1. The minimum absolute atomic E-state index is 0.0407. The predicted octanol–water partition coefficient (Wildman–Crippen LogP) is 3.23. The van der Waals surface area contributed by atoms with Crippen molar-refractivity contribution >= 4 is 17.5 Å². The lowest BCUT2D eigenvalue weighted by atomic mass is 10.1. The molecule has 7 heteroatoms. The second kappa shape index (κ2) is 8.87. The van der Waals surface area contributed by atoms with Gasteiger partial charge < -0.3 is 19.5 Å². The lowest BCUT2D eigenvalue weighted by Gasteiger charge is -2.23. The van der Waals surface area contributed by atoms with E-state index in [0.29, 0.717) is 36.2 Å². The molecule has 2 heterocycles. The van der Waals surface area contributed by atoms with Gasteiger partial charge in [0.2, 0.25) is 5.88 Å². The molecule has 1 fully saturated rings. The lowest BCUT2D eigenvalue weighted by molar-refractivity contribution is 0.0238. The Morgan fingerprint density at radius 3 is 2.85 bits per heavy atom. The number of rotatable bonds is 6. The smallest absolute Gasteiger partial charge is 0.253 e. The standard InChI is InChI=1S/C19H21ClN2O4/c1-24-17-5-3-2-4-13(17)11-21-18(23)14-10-16(20)19(22-12-14)26-15-6-8-25-9-7-15/h2-5,10,12,15H,6-9,11H2,1H3,(H,21,23). The topological polar surface area (TPSA) is 69.7 Å². The lowest BCUT2D eigenvalue weighted by Crippen LogP contribution is -2.26.